The van der Waals surface area contributed by atoms with Crippen molar-refractivity contribution < 1.29 is 23.1 Å². The maximum atomic E-state index is 13.5. The smallest absolute Gasteiger partial charge is 0.407 e. The van der Waals surface area contributed by atoms with E-state index in [0.29, 0.717) is 24.9 Å². The number of carbonyl (C=O) groups is 2. The first-order chi connectivity index (χ1) is 14.7. The van der Waals surface area contributed by atoms with Gasteiger partial charge < -0.3 is 15.3 Å². The quantitative estimate of drug-likeness (QED) is 0.711. The van der Waals surface area contributed by atoms with Crippen LogP contribution in [0.15, 0.2) is 36.0 Å². The first kappa shape index (κ1) is 24.1. The average molecular weight is 464 g/mol. The summed E-state index contributed by atoms with van der Waals surface area (Å²) in [6, 6.07) is 8.12. The maximum absolute atomic E-state index is 13.5. The summed E-state index contributed by atoms with van der Waals surface area (Å²) in [6.07, 6.45) is -0.0108. The van der Waals surface area contributed by atoms with Crippen LogP contribution in [-0.4, -0.2) is 58.9 Å². The van der Waals surface area contributed by atoms with Crippen molar-refractivity contribution in [2.24, 2.45) is 5.41 Å². The fourth-order valence-electron chi connectivity index (χ4n) is 4.55. The molecule has 2 aliphatic rings. The molecule has 2 heterocycles. The molecule has 2 amide bonds. The van der Waals surface area contributed by atoms with Crippen LogP contribution in [0.2, 0.25) is 0 Å². The lowest BCUT2D eigenvalue weighted by Gasteiger charge is -2.45. The van der Waals surface area contributed by atoms with E-state index in [2.05, 4.69) is 5.32 Å². The molecular weight excluding hydrogens is 430 g/mol. The zero-order valence-corrected chi connectivity index (χ0v) is 20.4. The number of benzene rings is 1. The maximum Gasteiger partial charge on any atom is 0.407 e. The van der Waals surface area contributed by atoms with Crippen LogP contribution in [-0.2, 0) is 14.8 Å². The Balaban J connectivity index is 2.04. The summed E-state index contributed by atoms with van der Waals surface area (Å²) in [7, 11) is -4.06. The lowest BCUT2D eigenvalue weighted by molar-refractivity contribution is -0.125. The van der Waals surface area contributed by atoms with Gasteiger partial charge in [0.25, 0.3) is 15.9 Å². The number of sulfonamides is 1. The third kappa shape index (κ3) is 4.35. The molecule has 0 saturated carbocycles. The zero-order chi connectivity index (χ0) is 24.1. The molecule has 2 unspecified atom stereocenters. The van der Waals surface area contributed by atoms with E-state index in [1.165, 1.54) is 4.90 Å². The summed E-state index contributed by atoms with van der Waals surface area (Å²) in [5, 5.41) is 12.8. The standard InChI is InChI=1S/C23H33N3O5S/c1-22(2,3)17-14-16(12-13-25(17)21(28)29)24-18-19(15-10-8-7-9-11-15)32(30,31)26(20(18)27)23(4,5)6/h7-11,16-17,24H,12-14H2,1-6H3,(H,28,29). The number of likely N-dealkylation sites (tertiary alicyclic amines) is 1. The number of nitrogens with zero attached hydrogens (tertiary/aromatic N) is 2. The molecule has 0 aliphatic carbocycles. The Hall–Kier alpha value is -2.55. The number of piperidine rings is 1. The summed E-state index contributed by atoms with van der Waals surface area (Å²) in [5.74, 6) is -0.579. The first-order valence-electron chi connectivity index (χ1n) is 10.8. The minimum absolute atomic E-state index is 0.0222. The molecule has 1 aromatic carbocycles. The number of carbonyl (C=O) groups excluding carboxylic acids is 1. The van der Waals surface area contributed by atoms with Crippen molar-refractivity contribution in [1.29, 1.82) is 0 Å². The van der Waals surface area contributed by atoms with Gasteiger partial charge in [-0.15, -0.1) is 0 Å². The minimum Gasteiger partial charge on any atom is -0.465 e. The van der Waals surface area contributed by atoms with Crippen LogP contribution in [0.4, 0.5) is 4.79 Å². The van der Waals surface area contributed by atoms with E-state index in [4.69, 9.17) is 0 Å². The Labute approximate surface area is 190 Å². The van der Waals surface area contributed by atoms with Gasteiger partial charge in [-0.25, -0.2) is 17.5 Å². The van der Waals surface area contributed by atoms with E-state index in [0.717, 1.165) is 4.31 Å². The Kier molecular flexibility index (Phi) is 6.10. The molecule has 0 radical (unpaired) electrons. The molecule has 32 heavy (non-hydrogen) atoms. The number of nitrogens with one attached hydrogen (secondary N) is 1. The van der Waals surface area contributed by atoms with E-state index < -0.39 is 27.6 Å². The van der Waals surface area contributed by atoms with Gasteiger partial charge in [-0.3, -0.25) is 4.79 Å². The van der Waals surface area contributed by atoms with Crippen molar-refractivity contribution in [3.05, 3.63) is 41.6 Å². The molecule has 0 bridgehead atoms. The number of amides is 2. The number of hydrogen-bond acceptors (Lipinski definition) is 5. The molecule has 1 aromatic rings. The van der Waals surface area contributed by atoms with Crippen LogP contribution in [0.5, 0.6) is 0 Å². The van der Waals surface area contributed by atoms with E-state index >= 15 is 0 Å². The third-order valence-electron chi connectivity index (χ3n) is 5.97. The van der Waals surface area contributed by atoms with Crippen LogP contribution in [0, 0.1) is 5.41 Å². The van der Waals surface area contributed by atoms with Gasteiger partial charge in [0.2, 0.25) is 0 Å². The Morgan fingerprint density at radius 1 is 1.09 bits per heavy atom. The molecule has 1 fully saturated rings. The fourth-order valence-corrected chi connectivity index (χ4v) is 6.61. The number of rotatable bonds is 3. The minimum atomic E-state index is -4.06. The number of carboxylic acid groups (broad SMARTS) is 1. The average Bonchev–Trinajstić information content (AvgIpc) is 2.86. The highest BCUT2D eigenvalue weighted by atomic mass is 32.2. The van der Waals surface area contributed by atoms with Crippen LogP contribution < -0.4 is 5.32 Å². The second kappa shape index (κ2) is 8.10. The number of hydrogen-bond donors (Lipinski definition) is 2. The monoisotopic (exact) mass is 463 g/mol. The van der Waals surface area contributed by atoms with Crippen LogP contribution in [0.3, 0.4) is 0 Å². The van der Waals surface area contributed by atoms with Crippen molar-refractivity contribution in [2.45, 2.75) is 72.0 Å². The highest BCUT2D eigenvalue weighted by Gasteiger charge is 2.50. The van der Waals surface area contributed by atoms with Crippen molar-refractivity contribution >= 4 is 26.9 Å². The fraction of sp³-hybridized carbons (Fsp3) is 0.565. The molecular formula is C23H33N3O5S. The van der Waals surface area contributed by atoms with E-state index in [1.807, 2.05) is 20.8 Å². The Bertz CT molecular complexity index is 1040. The van der Waals surface area contributed by atoms with Crippen molar-refractivity contribution in [3.8, 4) is 0 Å². The van der Waals surface area contributed by atoms with Crippen LogP contribution in [0.25, 0.3) is 4.91 Å². The van der Waals surface area contributed by atoms with E-state index in [-0.39, 0.29) is 28.1 Å². The summed E-state index contributed by atoms with van der Waals surface area (Å²) in [4.78, 5) is 26.6. The first-order valence-corrected chi connectivity index (χ1v) is 12.2. The van der Waals surface area contributed by atoms with Gasteiger partial charge in [0, 0.05) is 18.6 Å². The van der Waals surface area contributed by atoms with Gasteiger partial charge in [0.05, 0.1) is 5.54 Å². The lowest BCUT2D eigenvalue weighted by atomic mass is 9.79. The topological polar surface area (TPSA) is 107 Å². The normalized spacial score (nSPS) is 24.1. The molecule has 0 aromatic heterocycles. The van der Waals surface area contributed by atoms with Crippen LogP contribution >= 0.6 is 0 Å². The van der Waals surface area contributed by atoms with E-state index in [9.17, 15) is 23.1 Å². The lowest BCUT2D eigenvalue weighted by Crippen LogP contribution is -2.55. The second-order valence-electron chi connectivity index (χ2n) is 10.5. The molecule has 1 saturated heterocycles. The van der Waals surface area contributed by atoms with Crippen molar-refractivity contribution in [2.75, 3.05) is 6.54 Å². The highest BCUT2D eigenvalue weighted by Crippen LogP contribution is 2.40. The SMILES string of the molecule is CC(C)(C)C1CC(NC2=C(c3ccccc3)S(=O)(=O)N(C(C)(C)C)C2=O)CCN1C(=O)O. The summed E-state index contributed by atoms with van der Waals surface area (Å²) < 4.78 is 27.9. The summed E-state index contributed by atoms with van der Waals surface area (Å²) in [6.45, 7) is 11.3. The van der Waals surface area contributed by atoms with Crippen molar-refractivity contribution in [3.63, 3.8) is 0 Å². The molecule has 0 spiro atoms. The molecule has 9 heteroatoms. The van der Waals surface area contributed by atoms with Gasteiger partial charge in [0.15, 0.2) is 0 Å². The predicted molar refractivity (Wildman–Crippen MR) is 123 cm³/mol. The van der Waals surface area contributed by atoms with Gasteiger partial charge >= 0.3 is 6.09 Å². The molecule has 176 valence electrons. The molecule has 2 N–H and O–H groups in total. The largest absolute Gasteiger partial charge is 0.465 e. The molecule has 3 rings (SSSR count). The summed E-state index contributed by atoms with van der Waals surface area (Å²) in [5.41, 5.74) is -0.725. The van der Waals surface area contributed by atoms with Gasteiger partial charge in [-0.05, 0) is 44.6 Å². The molecule has 2 atom stereocenters. The van der Waals surface area contributed by atoms with Crippen molar-refractivity contribution in [1.82, 2.24) is 14.5 Å². The predicted octanol–water partition coefficient (Wildman–Crippen LogP) is 3.47. The summed E-state index contributed by atoms with van der Waals surface area (Å²) >= 11 is 0. The van der Waals surface area contributed by atoms with E-state index in [1.54, 1.807) is 51.1 Å². The second-order valence-corrected chi connectivity index (χ2v) is 12.3. The van der Waals surface area contributed by atoms with Crippen LogP contribution in [0.1, 0.15) is 59.9 Å². The van der Waals surface area contributed by atoms with Gasteiger partial charge in [0.1, 0.15) is 10.6 Å². The van der Waals surface area contributed by atoms with Gasteiger partial charge in [-0.2, -0.15) is 0 Å². The molecule has 8 nitrogen and oxygen atoms in total. The third-order valence-corrected chi connectivity index (χ3v) is 8.12. The zero-order valence-electron chi connectivity index (χ0n) is 19.5. The molecule has 2 aliphatic heterocycles. The van der Waals surface area contributed by atoms with Gasteiger partial charge in [-0.1, -0.05) is 51.1 Å². The highest BCUT2D eigenvalue weighted by molar-refractivity contribution is 7.99. The Morgan fingerprint density at radius 2 is 1.69 bits per heavy atom. The Morgan fingerprint density at radius 3 is 2.19 bits per heavy atom.